The van der Waals surface area contributed by atoms with Crippen molar-refractivity contribution in [2.75, 3.05) is 7.05 Å². The second kappa shape index (κ2) is 10.1. The number of imidazole rings is 1. The number of aromatic nitrogens is 4. The molecular formula is C26H28FN5O3. The summed E-state index contributed by atoms with van der Waals surface area (Å²) in [5.41, 5.74) is 1.07. The van der Waals surface area contributed by atoms with Crippen molar-refractivity contribution >= 4 is 17.1 Å². The Morgan fingerprint density at radius 2 is 1.69 bits per heavy atom. The average Bonchev–Trinajstić information content (AvgIpc) is 3.24. The van der Waals surface area contributed by atoms with Gasteiger partial charge in [-0.25, -0.2) is 18.7 Å². The van der Waals surface area contributed by atoms with Gasteiger partial charge in [0.1, 0.15) is 12.4 Å². The highest BCUT2D eigenvalue weighted by molar-refractivity contribution is 5.76. The molecule has 0 aliphatic carbocycles. The number of carbonyl (C=O) groups is 1. The first kappa shape index (κ1) is 24.1. The van der Waals surface area contributed by atoms with Gasteiger partial charge in [0.15, 0.2) is 11.2 Å². The first-order chi connectivity index (χ1) is 16.7. The summed E-state index contributed by atoms with van der Waals surface area (Å²) in [7, 11) is 1.58. The molecule has 0 saturated carbocycles. The highest BCUT2D eigenvalue weighted by atomic mass is 19.1. The van der Waals surface area contributed by atoms with Gasteiger partial charge in [-0.2, -0.15) is 0 Å². The van der Waals surface area contributed by atoms with Crippen molar-refractivity contribution < 1.29 is 9.18 Å². The zero-order chi connectivity index (χ0) is 25.1. The third-order valence-corrected chi connectivity index (χ3v) is 5.78. The summed E-state index contributed by atoms with van der Waals surface area (Å²) >= 11 is 0. The third kappa shape index (κ3) is 5.24. The second-order valence-corrected chi connectivity index (χ2v) is 9.08. The molecule has 0 N–H and O–H groups in total. The Balaban J connectivity index is 1.74. The Morgan fingerprint density at radius 1 is 1.00 bits per heavy atom. The summed E-state index contributed by atoms with van der Waals surface area (Å²) in [6.07, 6.45) is 1.57. The molecule has 0 fully saturated rings. The van der Waals surface area contributed by atoms with Crippen LogP contribution in [0.25, 0.3) is 11.2 Å². The molecule has 0 aliphatic heterocycles. The lowest BCUT2D eigenvalue weighted by Gasteiger charge is -2.19. The third-order valence-electron chi connectivity index (χ3n) is 5.78. The van der Waals surface area contributed by atoms with Gasteiger partial charge in [0.25, 0.3) is 5.56 Å². The van der Waals surface area contributed by atoms with Crippen LogP contribution in [0.3, 0.4) is 0 Å². The van der Waals surface area contributed by atoms with Gasteiger partial charge in [-0.3, -0.25) is 14.2 Å². The summed E-state index contributed by atoms with van der Waals surface area (Å²) in [6.45, 7) is 4.63. The van der Waals surface area contributed by atoms with Crippen molar-refractivity contribution in [1.29, 1.82) is 0 Å². The summed E-state index contributed by atoms with van der Waals surface area (Å²) in [6, 6.07) is 15.2. The van der Waals surface area contributed by atoms with Crippen molar-refractivity contribution in [3.8, 4) is 0 Å². The Bertz CT molecular complexity index is 1450. The van der Waals surface area contributed by atoms with E-state index < -0.39 is 23.7 Å². The van der Waals surface area contributed by atoms with Crippen LogP contribution in [0.5, 0.6) is 0 Å². The standard InChI is InChI=1S/C26H28FN5O3/c1-18(2)13-30-17-28-24-23(30)25(34)32(26(35)31(24)15-19-7-5-4-6-8-19)16-22(33)29(3)14-20-9-11-21(27)12-10-20/h4-12,17-18H,13-16H2,1-3H3. The minimum atomic E-state index is -0.593. The fourth-order valence-electron chi connectivity index (χ4n) is 4.03. The molecule has 35 heavy (non-hydrogen) atoms. The SMILES string of the molecule is CC(C)Cn1cnc2c1c(=O)n(CC(=O)N(C)Cc1ccc(F)cc1)c(=O)n2Cc1ccccc1. The fraction of sp³-hybridized carbons (Fsp3) is 0.308. The lowest BCUT2D eigenvalue weighted by molar-refractivity contribution is -0.131. The number of hydrogen-bond acceptors (Lipinski definition) is 4. The maximum Gasteiger partial charge on any atom is 0.333 e. The van der Waals surface area contributed by atoms with Crippen LogP contribution in [0.4, 0.5) is 4.39 Å². The predicted octanol–water partition coefficient (Wildman–Crippen LogP) is 2.86. The van der Waals surface area contributed by atoms with E-state index in [0.717, 1.165) is 15.7 Å². The van der Waals surface area contributed by atoms with Crippen molar-refractivity contribution in [2.45, 2.75) is 40.0 Å². The van der Waals surface area contributed by atoms with E-state index in [1.165, 1.54) is 21.6 Å². The zero-order valence-corrected chi connectivity index (χ0v) is 20.0. The number of halogens is 1. The minimum absolute atomic E-state index is 0.217. The van der Waals surface area contributed by atoms with Crippen LogP contribution >= 0.6 is 0 Å². The Labute approximate surface area is 201 Å². The van der Waals surface area contributed by atoms with E-state index in [1.807, 2.05) is 44.2 Å². The van der Waals surface area contributed by atoms with Gasteiger partial charge >= 0.3 is 5.69 Å². The van der Waals surface area contributed by atoms with E-state index in [9.17, 15) is 18.8 Å². The molecule has 1 amide bonds. The molecule has 0 atom stereocenters. The monoisotopic (exact) mass is 477 g/mol. The molecular weight excluding hydrogens is 449 g/mol. The van der Waals surface area contributed by atoms with Crippen LogP contribution in [0.2, 0.25) is 0 Å². The summed E-state index contributed by atoms with van der Waals surface area (Å²) < 4.78 is 17.4. The number of fused-ring (bicyclic) bond motifs is 1. The molecule has 0 bridgehead atoms. The first-order valence-electron chi connectivity index (χ1n) is 11.5. The van der Waals surface area contributed by atoms with Crippen LogP contribution in [0.15, 0.2) is 70.5 Å². The molecule has 2 heterocycles. The number of carbonyl (C=O) groups excluding carboxylic acids is 1. The molecule has 182 valence electrons. The molecule has 0 radical (unpaired) electrons. The summed E-state index contributed by atoms with van der Waals surface area (Å²) in [5, 5.41) is 0. The number of nitrogens with zero attached hydrogens (tertiary/aromatic N) is 5. The maximum absolute atomic E-state index is 13.5. The van der Waals surface area contributed by atoms with Crippen LogP contribution in [-0.4, -0.2) is 36.5 Å². The van der Waals surface area contributed by atoms with Gasteiger partial charge in [0, 0.05) is 20.1 Å². The largest absolute Gasteiger partial charge is 0.340 e. The highest BCUT2D eigenvalue weighted by Crippen LogP contribution is 2.12. The smallest absolute Gasteiger partial charge is 0.333 e. The quantitative estimate of drug-likeness (QED) is 0.391. The molecule has 8 nitrogen and oxygen atoms in total. The van der Waals surface area contributed by atoms with Crippen LogP contribution < -0.4 is 11.2 Å². The first-order valence-corrected chi connectivity index (χ1v) is 11.5. The van der Waals surface area contributed by atoms with Crippen LogP contribution in [0, 0.1) is 11.7 Å². The Hall–Kier alpha value is -4.01. The van der Waals surface area contributed by atoms with E-state index in [4.69, 9.17) is 0 Å². The lowest BCUT2D eigenvalue weighted by Crippen LogP contribution is -2.44. The summed E-state index contributed by atoms with van der Waals surface area (Å²) in [5.74, 6) is -0.521. The highest BCUT2D eigenvalue weighted by Gasteiger charge is 2.21. The number of benzene rings is 2. The molecule has 9 heteroatoms. The van der Waals surface area contributed by atoms with Crippen molar-refractivity contribution in [2.24, 2.45) is 5.92 Å². The minimum Gasteiger partial charge on any atom is -0.340 e. The van der Waals surface area contributed by atoms with E-state index in [0.29, 0.717) is 17.7 Å². The molecule has 0 saturated heterocycles. The zero-order valence-electron chi connectivity index (χ0n) is 20.0. The summed E-state index contributed by atoms with van der Waals surface area (Å²) in [4.78, 5) is 45.7. The van der Waals surface area contributed by atoms with Gasteiger partial charge in [-0.15, -0.1) is 0 Å². The number of likely N-dealkylation sites (N-methyl/N-ethyl adjacent to an activating group) is 1. The topological polar surface area (TPSA) is 82.1 Å². The molecule has 0 unspecified atom stereocenters. The fourth-order valence-corrected chi connectivity index (χ4v) is 4.03. The predicted molar refractivity (Wildman–Crippen MR) is 132 cm³/mol. The van der Waals surface area contributed by atoms with Crippen LogP contribution in [0.1, 0.15) is 25.0 Å². The normalized spacial score (nSPS) is 11.3. The van der Waals surface area contributed by atoms with Gasteiger partial charge < -0.3 is 9.47 Å². The molecule has 2 aromatic carbocycles. The number of hydrogen-bond donors (Lipinski definition) is 0. The van der Waals surface area contributed by atoms with E-state index in [1.54, 1.807) is 30.1 Å². The van der Waals surface area contributed by atoms with Crippen molar-refractivity contribution in [1.82, 2.24) is 23.6 Å². The number of rotatable bonds is 8. The van der Waals surface area contributed by atoms with Crippen molar-refractivity contribution in [3.63, 3.8) is 0 Å². The molecule has 4 rings (SSSR count). The molecule has 0 aliphatic rings. The maximum atomic E-state index is 13.5. The molecule has 2 aromatic heterocycles. The average molecular weight is 478 g/mol. The molecule has 0 spiro atoms. The van der Waals surface area contributed by atoms with Crippen LogP contribution in [-0.2, 0) is 31.0 Å². The van der Waals surface area contributed by atoms with Crippen molar-refractivity contribution in [3.05, 3.63) is 98.7 Å². The number of amides is 1. The lowest BCUT2D eigenvalue weighted by atomic mass is 10.2. The van der Waals surface area contributed by atoms with Gasteiger partial charge in [-0.05, 0) is 29.2 Å². The second-order valence-electron chi connectivity index (χ2n) is 9.08. The Morgan fingerprint density at radius 3 is 2.34 bits per heavy atom. The van der Waals surface area contributed by atoms with E-state index in [2.05, 4.69) is 4.98 Å². The van der Waals surface area contributed by atoms with Gasteiger partial charge in [0.05, 0.1) is 12.9 Å². The van der Waals surface area contributed by atoms with Gasteiger partial charge in [-0.1, -0.05) is 56.3 Å². The van der Waals surface area contributed by atoms with Gasteiger partial charge in [0.2, 0.25) is 5.91 Å². The Kier molecular flexibility index (Phi) is 6.95. The molecule has 4 aromatic rings. The van der Waals surface area contributed by atoms with E-state index >= 15 is 0 Å². The van der Waals surface area contributed by atoms with E-state index in [-0.39, 0.29) is 24.8 Å².